The van der Waals surface area contributed by atoms with Crippen molar-refractivity contribution >= 4 is 0 Å². The lowest BCUT2D eigenvalue weighted by Crippen LogP contribution is -1.98. The van der Waals surface area contributed by atoms with Gasteiger partial charge in [0.05, 0.1) is 0 Å². The molecule has 1 heteroatoms. The first-order chi connectivity index (χ1) is 9.22. The van der Waals surface area contributed by atoms with Gasteiger partial charge in [0, 0.05) is 0 Å². The fourth-order valence-electron chi connectivity index (χ4n) is 2.61. The molecule has 1 aliphatic carbocycles. The Morgan fingerprint density at radius 1 is 1.00 bits per heavy atom. The van der Waals surface area contributed by atoms with Crippen LogP contribution in [0.25, 0.3) is 0 Å². The minimum absolute atomic E-state index is 0.162. The molecule has 2 aromatic rings. The van der Waals surface area contributed by atoms with E-state index >= 15 is 0 Å². The van der Waals surface area contributed by atoms with E-state index in [2.05, 4.69) is 31.2 Å². The highest BCUT2D eigenvalue weighted by atomic mass is 19.1. The zero-order valence-electron chi connectivity index (χ0n) is 11.3. The Hall–Kier alpha value is -1.63. The minimum atomic E-state index is -0.162. The molecule has 0 aromatic heterocycles. The van der Waals surface area contributed by atoms with Crippen molar-refractivity contribution in [1.82, 2.24) is 0 Å². The molecule has 2 aromatic carbocycles. The van der Waals surface area contributed by atoms with Gasteiger partial charge in [-0.15, -0.1) is 0 Å². The van der Waals surface area contributed by atoms with Crippen molar-refractivity contribution < 1.29 is 4.39 Å². The zero-order valence-corrected chi connectivity index (χ0v) is 11.3. The molecule has 98 valence electrons. The Morgan fingerprint density at radius 3 is 2.21 bits per heavy atom. The molecule has 1 unspecified atom stereocenters. The Kier molecular flexibility index (Phi) is 3.37. The molecule has 1 atom stereocenters. The van der Waals surface area contributed by atoms with Gasteiger partial charge in [0.2, 0.25) is 0 Å². The van der Waals surface area contributed by atoms with Gasteiger partial charge < -0.3 is 0 Å². The van der Waals surface area contributed by atoms with Crippen molar-refractivity contribution in [2.45, 2.75) is 38.0 Å². The van der Waals surface area contributed by atoms with Gasteiger partial charge in [-0.3, -0.25) is 0 Å². The molecule has 0 nitrogen and oxygen atoms in total. The fourth-order valence-corrected chi connectivity index (χ4v) is 2.61. The van der Waals surface area contributed by atoms with Crippen LogP contribution in [0.2, 0.25) is 0 Å². The second kappa shape index (κ2) is 5.16. The molecule has 0 amide bonds. The highest BCUT2D eigenvalue weighted by Crippen LogP contribution is 2.40. The third-order valence-corrected chi connectivity index (χ3v) is 4.01. The number of rotatable bonds is 4. The normalized spacial score (nSPS) is 16.3. The smallest absolute Gasteiger partial charge is 0.123 e. The highest BCUT2D eigenvalue weighted by molar-refractivity contribution is 5.30. The van der Waals surface area contributed by atoms with E-state index in [0.717, 1.165) is 12.3 Å². The van der Waals surface area contributed by atoms with Crippen LogP contribution in [0.15, 0.2) is 48.5 Å². The van der Waals surface area contributed by atoms with Gasteiger partial charge in [-0.05, 0) is 59.9 Å². The molecule has 0 saturated heterocycles. The summed E-state index contributed by atoms with van der Waals surface area (Å²) in [7, 11) is 0. The molecule has 0 radical (unpaired) electrons. The Labute approximate surface area is 114 Å². The topological polar surface area (TPSA) is 0 Å². The second-order valence-electron chi connectivity index (χ2n) is 5.67. The summed E-state index contributed by atoms with van der Waals surface area (Å²) in [4.78, 5) is 0. The minimum Gasteiger partial charge on any atom is -0.207 e. The van der Waals surface area contributed by atoms with Gasteiger partial charge in [-0.25, -0.2) is 4.39 Å². The van der Waals surface area contributed by atoms with E-state index in [-0.39, 0.29) is 5.82 Å². The maximum atomic E-state index is 12.9. The molecular formula is C18H19F. The van der Waals surface area contributed by atoms with Crippen LogP contribution in [0.5, 0.6) is 0 Å². The second-order valence-corrected chi connectivity index (χ2v) is 5.67. The van der Waals surface area contributed by atoms with E-state index in [9.17, 15) is 4.39 Å². The summed E-state index contributed by atoms with van der Waals surface area (Å²) in [6.07, 6.45) is 3.72. The van der Waals surface area contributed by atoms with Crippen LogP contribution in [-0.4, -0.2) is 0 Å². The van der Waals surface area contributed by atoms with Crippen LogP contribution in [0, 0.1) is 5.82 Å². The predicted octanol–water partition coefficient (Wildman–Crippen LogP) is 5.05. The summed E-state index contributed by atoms with van der Waals surface area (Å²) < 4.78 is 12.9. The first kappa shape index (κ1) is 12.4. The van der Waals surface area contributed by atoms with E-state index in [0.29, 0.717) is 5.92 Å². The molecule has 3 rings (SSSR count). The molecule has 1 fully saturated rings. The van der Waals surface area contributed by atoms with Crippen molar-refractivity contribution in [3.63, 3.8) is 0 Å². The van der Waals surface area contributed by atoms with Gasteiger partial charge in [-0.1, -0.05) is 43.3 Å². The van der Waals surface area contributed by atoms with Gasteiger partial charge >= 0.3 is 0 Å². The summed E-state index contributed by atoms with van der Waals surface area (Å²) in [5.74, 6) is 1.08. The average molecular weight is 254 g/mol. The Morgan fingerprint density at radius 2 is 1.63 bits per heavy atom. The molecule has 1 saturated carbocycles. The van der Waals surface area contributed by atoms with Gasteiger partial charge in [-0.2, -0.15) is 0 Å². The number of halogens is 1. The summed E-state index contributed by atoms with van der Waals surface area (Å²) in [6, 6.07) is 15.9. The first-order valence-corrected chi connectivity index (χ1v) is 7.06. The third-order valence-electron chi connectivity index (χ3n) is 4.01. The molecule has 0 N–H and O–H groups in total. The highest BCUT2D eigenvalue weighted by Gasteiger charge is 2.22. The molecule has 19 heavy (non-hydrogen) atoms. The first-order valence-electron chi connectivity index (χ1n) is 7.06. The number of hydrogen-bond acceptors (Lipinski definition) is 0. The molecule has 0 spiro atoms. The summed E-state index contributed by atoms with van der Waals surface area (Å²) in [6.45, 7) is 2.20. The van der Waals surface area contributed by atoms with Crippen molar-refractivity contribution in [3.8, 4) is 0 Å². The van der Waals surface area contributed by atoms with Crippen LogP contribution in [0.3, 0.4) is 0 Å². The van der Waals surface area contributed by atoms with Crippen molar-refractivity contribution in [2.24, 2.45) is 0 Å². The van der Waals surface area contributed by atoms with Gasteiger partial charge in [0.1, 0.15) is 5.82 Å². The van der Waals surface area contributed by atoms with Crippen LogP contribution < -0.4 is 0 Å². The Balaban J connectivity index is 1.67. The Bertz CT molecular complexity index is 535. The average Bonchev–Trinajstić information content (AvgIpc) is 3.25. The SMILES string of the molecule is CC(Cc1ccc(C2CC2)cc1)c1ccc(F)cc1. The molecular weight excluding hydrogens is 235 g/mol. The summed E-state index contributed by atoms with van der Waals surface area (Å²) in [5.41, 5.74) is 4.05. The van der Waals surface area contributed by atoms with E-state index in [1.807, 2.05) is 12.1 Å². The largest absolute Gasteiger partial charge is 0.207 e. The molecule has 0 bridgehead atoms. The maximum absolute atomic E-state index is 12.9. The van der Waals surface area contributed by atoms with Gasteiger partial charge in [0.15, 0.2) is 0 Å². The molecule has 1 aliphatic rings. The van der Waals surface area contributed by atoms with Gasteiger partial charge in [0.25, 0.3) is 0 Å². The zero-order chi connectivity index (χ0) is 13.2. The van der Waals surface area contributed by atoms with Crippen molar-refractivity contribution in [2.75, 3.05) is 0 Å². The quantitative estimate of drug-likeness (QED) is 0.716. The molecule has 0 heterocycles. The van der Waals surface area contributed by atoms with E-state index in [1.54, 1.807) is 12.1 Å². The van der Waals surface area contributed by atoms with Crippen LogP contribution in [0.4, 0.5) is 4.39 Å². The lowest BCUT2D eigenvalue weighted by atomic mass is 9.93. The fraction of sp³-hybridized carbons (Fsp3) is 0.333. The molecule has 0 aliphatic heterocycles. The van der Waals surface area contributed by atoms with Crippen LogP contribution in [-0.2, 0) is 6.42 Å². The maximum Gasteiger partial charge on any atom is 0.123 e. The standard InChI is InChI=1S/C18H19F/c1-13(15-8-10-18(19)11-9-15)12-14-2-4-16(5-3-14)17-6-7-17/h2-5,8-11,13,17H,6-7,12H2,1H3. The van der Waals surface area contributed by atoms with E-state index < -0.39 is 0 Å². The number of benzene rings is 2. The van der Waals surface area contributed by atoms with E-state index in [1.165, 1.54) is 29.5 Å². The van der Waals surface area contributed by atoms with Crippen LogP contribution in [0.1, 0.15) is 48.3 Å². The number of hydrogen-bond donors (Lipinski definition) is 0. The van der Waals surface area contributed by atoms with Crippen molar-refractivity contribution in [1.29, 1.82) is 0 Å². The van der Waals surface area contributed by atoms with Crippen molar-refractivity contribution in [3.05, 3.63) is 71.0 Å². The predicted molar refractivity (Wildman–Crippen MR) is 76.9 cm³/mol. The lowest BCUT2D eigenvalue weighted by molar-refractivity contribution is 0.625. The lowest BCUT2D eigenvalue weighted by Gasteiger charge is -2.12. The third kappa shape index (κ3) is 3.04. The monoisotopic (exact) mass is 254 g/mol. The summed E-state index contributed by atoms with van der Waals surface area (Å²) >= 11 is 0. The van der Waals surface area contributed by atoms with Crippen LogP contribution >= 0.6 is 0 Å². The summed E-state index contributed by atoms with van der Waals surface area (Å²) in [5, 5.41) is 0. The van der Waals surface area contributed by atoms with E-state index in [4.69, 9.17) is 0 Å².